The lowest BCUT2D eigenvalue weighted by atomic mass is 9.86. The first-order valence-corrected chi connectivity index (χ1v) is 7.66. The van der Waals surface area contributed by atoms with Crippen molar-refractivity contribution in [2.45, 2.75) is 25.7 Å². The molecular formula is C14H20O3S. The maximum atomic E-state index is 11.5. The third-order valence-corrected chi connectivity index (χ3v) is 3.52. The van der Waals surface area contributed by atoms with Crippen LogP contribution in [0.3, 0.4) is 0 Å². The minimum absolute atomic E-state index is 0.206. The quantitative estimate of drug-likeness (QED) is 0.743. The lowest BCUT2D eigenvalue weighted by Crippen LogP contribution is -2.26. The molecule has 0 aromatic heterocycles. The molecule has 0 saturated carbocycles. The average Bonchev–Trinajstić information content (AvgIpc) is 2.35. The Morgan fingerprint density at radius 1 is 1.28 bits per heavy atom. The first-order valence-electron chi connectivity index (χ1n) is 5.93. The van der Waals surface area contributed by atoms with E-state index in [1.807, 2.05) is 44.2 Å². The molecule has 0 unspecified atom stereocenters. The Labute approximate surface area is 111 Å². The highest BCUT2D eigenvalue weighted by Crippen LogP contribution is 2.23. The number of rotatable bonds is 6. The minimum Gasteiger partial charge on any atom is -0.465 e. The largest absolute Gasteiger partial charge is 0.465 e. The molecule has 1 aromatic carbocycles. The number of hydrogen-bond acceptors (Lipinski definition) is 3. The minimum atomic E-state index is -0.948. The molecule has 0 saturated heterocycles. The summed E-state index contributed by atoms with van der Waals surface area (Å²) >= 11 is 0. The van der Waals surface area contributed by atoms with E-state index >= 15 is 0 Å². The van der Waals surface area contributed by atoms with Crippen molar-refractivity contribution >= 4 is 16.8 Å². The predicted octanol–water partition coefficient (Wildman–Crippen LogP) is 2.28. The van der Waals surface area contributed by atoms with Crippen molar-refractivity contribution in [3.8, 4) is 0 Å². The summed E-state index contributed by atoms with van der Waals surface area (Å²) in [6, 6.07) is 9.95. The Morgan fingerprint density at radius 3 is 2.44 bits per heavy atom. The molecule has 3 nitrogen and oxygen atoms in total. The van der Waals surface area contributed by atoms with Gasteiger partial charge >= 0.3 is 5.97 Å². The van der Waals surface area contributed by atoms with Crippen molar-refractivity contribution in [1.82, 2.24) is 0 Å². The second kappa shape index (κ2) is 6.69. The first-order chi connectivity index (χ1) is 8.42. The summed E-state index contributed by atoms with van der Waals surface area (Å²) < 4.78 is 16.1. The van der Waals surface area contributed by atoms with E-state index < -0.39 is 10.8 Å². The average molecular weight is 268 g/mol. The molecular weight excluding hydrogens is 248 g/mol. The molecule has 4 heteroatoms. The SMILES string of the molecule is C[S@](=O)CCC(=O)OCC(C)(C)c1ccccc1. The number of benzene rings is 1. The van der Waals surface area contributed by atoms with Gasteiger partial charge in [0.25, 0.3) is 0 Å². The van der Waals surface area contributed by atoms with E-state index in [0.717, 1.165) is 5.56 Å². The summed E-state index contributed by atoms with van der Waals surface area (Å²) in [5.74, 6) is 0.0825. The van der Waals surface area contributed by atoms with Gasteiger partial charge in [0.15, 0.2) is 0 Å². The fraction of sp³-hybridized carbons (Fsp3) is 0.500. The summed E-state index contributed by atoms with van der Waals surface area (Å²) in [4.78, 5) is 11.5. The van der Waals surface area contributed by atoms with Crippen LogP contribution in [0.1, 0.15) is 25.8 Å². The Kier molecular flexibility index (Phi) is 5.54. The molecule has 18 heavy (non-hydrogen) atoms. The van der Waals surface area contributed by atoms with Crippen molar-refractivity contribution < 1.29 is 13.7 Å². The fourth-order valence-electron chi connectivity index (χ4n) is 1.53. The summed E-state index contributed by atoms with van der Waals surface area (Å²) in [7, 11) is -0.948. The van der Waals surface area contributed by atoms with Gasteiger partial charge in [-0.1, -0.05) is 44.2 Å². The smallest absolute Gasteiger partial charge is 0.306 e. The van der Waals surface area contributed by atoms with Gasteiger partial charge in [-0.3, -0.25) is 9.00 Å². The lowest BCUT2D eigenvalue weighted by Gasteiger charge is -2.24. The lowest BCUT2D eigenvalue weighted by molar-refractivity contribution is -0.144. The van der Waals surface area contributed by atoms with Crippen molar-refractivity contribution in [2.24, 2.45) is 0 Å². The van der Waals surface area contributed by atoms with Gasteiger partial charge in [-0.2, -0.15) is 0 Å². The molecule has 0 radical (unpaired) electrons. The van der Waals surface area contributed by atoms with E-state index in [1.165, 1.54) is 0 Å². The second-order valence-corrected chi connectivity index (χ2v) is 6.49. The number of ether oxygens (including phenoxy) is 1. The molecule has 0 heterocycles. The van der Waals surface area contributed by atoms with E-state index in [9.17, 15) is 9.00 Å². The van der Waals surface area contributed by atoms with Crippen molar-refractivity contribution in [1.29, 1.82) is 0 Å². The monoisotopic (exact) mass is 268 g/mol. The third-order valence-electron chi connectivity index (χ3n) is 2.74. The van der Waals surface area contributed by atoms with Crippen LogP contribution < -0.4 is 0 Å². The zero-order valence-corrected chi connectivity index (χ0v) is 12.0. The van der Waals surface area contributed by atoms with E-state index in [1.54, 1.807) is 6.26 Å². The van der Waals surface area contributed by atoms with Gasteiger partial charge in [-0.25, -0.2) is 0 Å². The second-order valence-electron chi connectivity index (χ2n) is 4.94. The molecule has 0 bridgehead atoms. The van der Waals surface area contributed by atoms with Crippen LogP contribution in [0.4, 0.5) is 0 Å². The molecule has 0 amide bonds. The van der Waals surface area contributed by atoms with Crippen molar-refractivity contribution in [2.75, 3.05) is 18.6 Å². The van der Waals surface area contributed by atoms with Crippen LogP contribution in [0.2, 0.25) is 0 Å². The van der Waals surface area contributed by atoms with Crippen molar-refractivity contribution in [3.05, 3.63) is 35.9 Å². The van der Waals surface area contributed by atoms with E-state index in [-0.39, 0.29) is 17.8 Å². The molecule has 1 aromatic rings. The first kappa shape index (κ1) is 14.9. The van der Waals surface area contributed by atoms with Gasteiger partial charge < -0.3 is 4.74 Å². The molecule has 1 rings (SSSR count). The molecule has 0 aliphatic rings. The summed E-state index contributed by atoms with van der Waals surface area (Å²) in [6.45, 7) is 4.41. The van der Waals surface area contributed by atoms with E-state index in [2.05, 4.69) is 0 Å². The van der Waals surface area contributed by atoms with Crippen molar-refractivity contribution in [3.63, 3.8) is 0 Å². The third kappa shape index (κ3) is 5.00. The Balaban J connectivity index is 2.47. The summed E-state index contributed by atoms with van der Waals surface area (Å²) in [5.41, 5.74) is 0.930. The van der Waals surface area contributed by atoms with E-state index in [0.29, 0.717) is 12.4 Å². The zero-order valence-electron chi connectivity index (χ0n) is 11.1. The normalized spacial score (nSPS) is 13.1. The summed E-state index contributed by atoms with van der Waals surface area (Å²) in [5, 5.41) is 0. The van der Waals surface area contributed by atoms with Crippen LogP contribution in [0.25, 0.3) is 0 Å². The zero-order chi connectivity index (χ0) is 13.6. The highest BCUT2D eigenvalue weighted by atomic mass is 32.2. The standard InChI is InChI=1S/C14H20O3S/c1-14(2,12-7-5-4-6-8-12)11-17-13(15)9-10-18(3)16/h4-8H,9-11H2,1-3H3/t18-/m0/s1. The topological polar surface area (TPSA) is 43.4 Å². The van der Waals surface area contributed by atoms with Gasteiger partial charge in [-0.05, 0) is 5.56 Å². The fourth-order valence-corrected chi connectivity index (χ4v) is 1.99. The Bertz CT molecular complexity index is 412. The Morgan fingerprint density at radius 2 is 1.89 bits per heavy atom. The maximum Gasteiger partial charge on any atom is 0.306 e. The van der Waals surface area contributed by atoms with Gasteiger partial charge in [-0.15, -0.1) is 0 Å². The van der Waals surface area contributed by atoms with Gasteiger partial charge in [0.1, 0.15) is 6.61 Å². The van der Waals surface area contributed by atoms with Gasteiger partial charge in [0.2, 0.25) is 0 Å². The van der Waals surface area contributed by atoms with Crippen LogP contribution in [0, 0.1) is 0 Å². The van der Waals surface area contributed by atoms with E-state index in [4.69, 9.17) is 4.74 Å². The molecule has 0 fully saturated rings. The molecule has 0 spiro atoms. The van der Waals surface area contributed by atoms with Crippen LogP contribution in [-0.4, -0.2) is 28.8 Å². The number of esters is 1. The molecule has 0 N–H and O–H groups in total. The predicted molar refractivity (Wildman–Crippen MR) is 74.0 cm³/mol. The Hall–Kier alpha value is -1.16. The number of carbonyl (C=O) groups excluding carboxylic acids is 1. The summed E-state index contributed by atoms with van der Waals surface area (Å²) in [6.07, 6.45) is 1.80. The van der Waals surface area contributed by atoms with Gasteiger partial charge in [0, 0.05) is 28.2 Å². The van der Waals surface area contributed by atoms with Crippen LogP contribution in [0.5, 0.6) is 0 Å². The number of hydrogen-bond donors (Lipinski definition) is 0. The molecule has 0 aliphatic heterocycles. The highest BCUT2D eigenvalue weighted by Gasteiger charge is 2.22. The molecule has 1 atom stereocenters. The maximum absolute atomic E-state index is 11.5. The molecule has 100 valence electrons. The highest BCUT2D eigenvalue weighted by molar-refractivity contribution is 7.84. The van der Waals surface area contributed by atoms with Crippen LogP contribution >= 0.6 is 0 Å². The van der Waals surface area contributed by atoms with Gasteiger partial charge in [0.05, 0.1) is 6.42 Å². The van der Waals surface area contributed by atoms with Crippen LogP contribution in [0.15, 0.2) is 30.3 Å². The molecule has 0 aliphatic carbocycles. The number of carbonyl (C=O) groups is 1. The van der Waals surface area contributed by atoms with Crippen LogP contribution in [-0.2, 0) is 25.7 Å².